The summed E-state index contributed by atoms with van der Waals surface area (Å²) in [6.07, 6.45) is 1.69. The summed E-state index contributed by atoms with van der Waals surface area (Å²) in [6, 6.07) is 13.3. The summed E-state index contributed by atoms with van der Waals surface area (Å²) in [4.78, 5) is 27.9. The Hall–Kier alpha value is -3.21. The smallest absolute Gasteiger partial charge is 0.331 e. The zero-order valence-electron chi connectivity index (χ0n) is 14.5. The van der Waals surface area contributed by atoms with E-state index >= 15 is 0 Å². The Labute approximate surface area is 150 Å². The Morgan fingerprint density at radius 1 is 1.15 bits per heavy atom. The van der Waals surface area contributed by atoms with Crippen molar-refractivity contribution >= 4 is 28.7 Å². The number of esters is 1. The highest BCUT2D eigenvalue weighted by Gasteiger charge is 2.23. The largest absolute Gasteiger partial charge is 0.451 e. The van der Waals surface area contributed by atoms with E-state index in [2.05, 4.69) is 4.98 Å². The number of carbonyl (C=O) groups excluding carboxylic acids is 2. The van der Waals surface area contributed by atoms with Gasteiger partial charge in [-0.05, 0) is 43.7 Å². The van der Waals surface area contributed by atoms with Crippen LogP contribution in [0.25, 0.3) is 17.0 Å². The maximum Gasteiger partial charge on any atom is 0.331 e. The van der Waals surface area contributed by atoms with Crippen molar-refractivity contribution in [2.75, 3.05) is 0 Å². The molecular weight excluding hydrogens is 333 g/mol. The van der Waals surface area contributed by atoms with Crippen LogP contribution in [-0.4, -0.2) is 22.8 Å². The molecule has 1 heterocycles. The minimum atomic E-state index is -0.933. The molecule has 2 aromatic carbocycles. The number of aromatic amines is 1. The lowest BCUT2D eigenvalue weighted by atomic mass is 10.0. The lowest BCUT2D eigenvalue weighted by Gasteiger charge is -2.11. The van der Waals surface area contributed by atoms with E-state index in [0.717, 1.165) is 16.6 Å². The van der Waals surface area contributed by atoms with Gasteiger partial charge in [0.25, 0.3) is 0 Å². The molecule has 1 aromatic heterocycles. The second kappa shape index (κ2) is 7.35. The fourth-order valence-corrected chi connectivity index (χ4v) is 2.84. The number of carbonyl (C=O) groups is 2. The van der Waals surface area contributed by atoms with E-state index < -0.39 is 12.1 Å². The molecular formula is C21H18FNO3. The van der Waals surface area contributed by atoms with Gasteiger partial charge in [-0.1, -0.05) is 30.3 Å². The van der Waals surface area contributed by atoms with E-state index in [1.807, 2.05) is 31.2 Å². The number of benzene rings is 2. The van der Waals surface area contributed by atoms with Crippen LogP contribution < -0.4 is 0 Å². The Balaban J connectivity index is 1.72. The predicted octanol–water partition coefficient (Wildman–Crippen LogP) is 4.44. The maximum atomic E-state index is 13.1. The van der Waals surface area contributed by atoms with Crippen molar-refractivity contribution in [2.45, 2.75) is 20.0 Å². The third-order valence-corrected chi connectivity index (χ3v) is 4.06. The molecule has 26 heavy (non-hydrogen) atoms. The third-order valence-electron chi connectivity index (χ3n) is 4.06. The van der Waals surface area contributed by atoms with Gasteiger partial charge in [-0.15, -0.1) is 0 Å². The molecule has 3 aromatic rings. The molecule has 0 bridgehead atoms. The number of aryl methyl sites for hydroxylation is 1. The van der Waals surface area contributed by atoms with Crippen LogP contribution in [0.3, 0.4) is 0 Å². The Bertz CT molecular complexity index is 1000. The van der Waals surface area contributed by atoms with Crippen molar-refractivity contribution in [3.8, 4) is 0 Å². The first kappa shape index (κ1) is 17.6. The number of H-pyrrole nitrogens is 1. The minimum absolute atomic E-state index is 0.271. The van der Waals surface area contributed by atoms with Crippen LogP contribution >= 0.6 is 0 Å². The third kappa shape index (κ3) is 3.72. The Morgan fingerprint density at radius 2 is 1.92 bits per heavy atom. The number of ketones is 1. The van der Waals surface area contributed by atoms with Gasteiger partial charge in [0.2, 0.25) is 5.78 Å². The number of para-hydroxylation sites is 1. The summed E-state index contributed by atoms with van der Waals surface area (Å²) in [6.45, 7) is 3.35. The number of rotatable bonds is 5. The van der Waals surface area contributed by atoms with Crippen LogP contribution in [0.4, 0.5) is 4.39 Å². The van der Waals surface area contributed by atoms with Gasteiger partial charge in [0.15, 0.2) is 6.10 Å². The number of fused-ring (bicyclic) bond motifs is 1. The van der Waals surface area contributed by atoms with Crippen LogP contribution in [0.15, 0.2) is 54.6 Å². The molecule has 1 atom stereocenters. The van der Waals surface area contributed by atoms with Crippen LogP contribution in [0.2, 0.25) is 0 Å². The zero-order chi connectivity index (χ0) is 18.7. The molecule has 0 aliphatic heterocycles. The van der Waals surface area contributed by atoms with Gasteiger partial charge >= 0.3 is 5.97 Å². The molecule has 132 valence electrons. The van der Waals surface area contributed by atoms with E-state index in [4.69, 9.17) is 4.74 Å². The first-order valence-corrected chi connectivity index (χ1v) is 8.21. The summed E-state index contributed by atoms with van der Waals surface area (Å²) in [7, 11) is 0. The fourth-order valence-electron chi connectivity index (χ4n) is 2.84. The standard InChI is InChI=1S/C21H18FNO3/c1-13-20(17-8-3-4-9-18(17)23-13)21(25)14(2)26-19(24)11-10-15-6-5-7-16(22)12-15/h3-12,14,23H,1-2H3/b11-10+/t14-/m1/s1. The van der Waals surface area contributed by atoms with E-state index in [0.29, 0.717) is 11.1 Å². The van der Waals surface area contributed by atoms with E-state index in [1.165, 1.54) is 31.2 Å². The van der Waals surface area contributed by atoms with Crippen molar-refractivity contribution in [1.82, 2.24) is 4.98 Å². The minimum Gasteiger partial charge on any atom is -0.451 e. The van der Waals surface area contributed by atoms with Crippen molar-refractivity contribution in [3.05, 3.63) is 77.2 Å². The summed E-state index contributed by atoms with van der Waals surface area (Å²) >= 11 is 0. The predicted molar refractivity (Wildman–Crippen MR) is 98.4 cm³/mol. The number of nitrogens with one attached hydrogen (secondary N) is 1. The highest BCUT2D eigenvalue weighted by atomic mass is 19.1. The number of aromatic nitrogens is 1. The second-order valence-corrected chi connectivity index (χ2v) is 6.00. The van der Waals surface area contributed by atoms with Crippen LogP contribution in [0.1, 0.15) is 28.5 Å². The number of hydrogen-bond acceptors (Lipinski definition) is 3. The lowest BCUT2D eigenvalue weighted by molar-refractivity contribution is -0.140. The molecule has 0 radical (unpaired) electrons. The molecule has 0 aliphatic carbocycles. The van der Waals surface area contributed by atoms with Crippen LogP contribution in [0, 0.1) is 12.7 Å². The molecule has 0 saturated heterocycles. The molecule has 4 nitrogen and oxygen atoms in total. The average molecular weight is 351 g/mol. The number of halogens is 1. The van der Waals surface area contributed by atoms with Crippen molar-refractivity contribution in [1.29, 1.82) is 0 Å². The highest BCUT2D eigenvalue weighted by molar-refractivity contribution is 6.11. The first-order chi connectivity index (χ1) is 12.5. The lowest BCUT2D eigenvalue weighted by Crippen LogP contribution is -2.24. The Kier molecular flexibility index (Phi) is 4.98. The fraction of sp³-hybridized carbons (Fsp3) is 0.143. The molecule has 0 fully saturated rings. The molecule has 1 N–H and O–H groups in total. The van der Waals surface area contributed by atoms with Gasteiger partial charge < -0.3 is 9.72 Å². The second-order valence-electron chi connectivity index (χ2n) is 6.00. The van der Waals surface area contributed by atoms with Gasteiger partial charge in [0, 0.05) is 28.2 Å². The van der Waals surface area contributed by atoms with Gasteiger partial charge in [-0.2, -0.15) is 0 Å². The molecule has 0 amide bonds. The summed E-state index contributed by atoms with van der Waals surface area (Å²) in [5, 5.41) is 0.799. The van der Waals surface area contributed by atoms with Gasteiger partial charge in [-0.3, -0.25) is 4.79 Å². The highest BCUT2D eigenvalue weighted by Crippen LogP contribution is 2.23. The number of hydrogen-bond donors (Lipinski definition) is 1. The normalized spacial score (nSPS) is 12.4. The van der Waals surface area contributed by atoms with Crippen molar-refractivity contribution in [3.63, 3.8) is 0 Å². The van der Waals surface area contributed by atoms with Crippen molar-refractivity contribution < 1.29 is 18.7 Å². The molecule has 3 rings (SSSR count). The van der Waals surface area contributed by atoms with Gasteiger partial charge in [0.1, 0.15) is 5.82 Å². The van der Waals surface area contributed by atoms with E-state index in [-0.39, 0.29) is 11.6 Å². The molecule has 0 spiro atoms. The van der Waals surface area contributed by atoms with E-state index in [1.54, 1.807) is 12.1 Å². The monoisotopic (exact) mass is 351 g/mol. The molecule has 0 aliphatic rings. The number of ether oxygens (including phenoxy) is 1. The van der Waals surface area contributed by atoms with Crippen LogP contribution in [-0.2, 0) is 9.53 Å². The Morgan fingerprint density at radius 3 is 2.69 bits per heavy atom. The quantitative estimate of drug-likeness (QED) is 0.420. The summed E-state index contributed by atoms with van der Waals surface area (Å²) in [5.74, 6) is -1.32. The molecule has 0 unspecified atom stereocenters. The molecule has 5 heteroatoms. The topological polar surface area (TPSA) is 59.2 Å². The zero-order valence-corrected chi connectivity index (χ0v) is 14.5. The van der Waals surface area contributed by atoms with Gasteiger partial charge in [0.05, 0.1) is 0 Å². The first-order valence-electron chi connectivity index (χ1n) is 8.21. The summed E-state index contributed by atoms with van der Waals surface area (Å²) < 4.78 is 18.3. The van der Waals surface area contributed by atoms with Crippen molar-refractivity contribution in [2.24, 2.45) is 0 Å². The maximum absolute atomic E-state index is 13.1. The number of Topliss-reactive ketones (excluding diaryl/α,β-unsaturated/α-hetero) is 1. The van der Waals surface area contributed by atoms with E-state index in [9.17, 15) is 14.0 Å². The molecule has 0 saturated carbocycles. The SMILES string of the molecule is Cc1[nH]c2ccccc2c1C(=O)[C@@H](C)OC(=O)/C=C/c1cccc(F)c1. The average Bonchev–Trinajstić information content (AvgIpc) is 2.95. The summed E-state index contributed by atoms with van der Waals surface area (Å²) in [5.41, 5.74) is 2.65. The van der Waals surface area contributed by atoms with Gasteiger partial charge in [-0.25, -0.2) is 9.18 Å². The van der Waals surface area contributed by atoms with Crippen LogP contribution in [0.5, 0.6) is 0 Å².